The number of likely N-dealkylation sites (N-methyl/N-ethyl adjacent to an activating group) is 1. The molecule has 7 heteroatoms. The summed E-state index contributed by atoms with van der Waals surface area (Å²) in [5.74, 6) is 0.382. The number of fused-ring (bicyclic) bond motifs is 3. The average Bonchev–Trinajstić information content (AvgIpc) is 3.23. The summed E-state index contributed by atoms with van der Waals surface area (Å²) in [7, 11) is 5.40. The van der Waals surface area contributed by atoms with Crippen LogP contribution in [-0.2, 0) is 11.8 Å². The van der Waals surface area contributed by atoms with Crippen LogP contribution >= 0.6 is 0 Å². The second-order valence-electron chi connectivity index (χ2n) is 6.44. The molecule has 0 spiro atoms. The van der Waals surface area contributed by atoms with E-state index in [0.717, 1.165) is 21.9 Å². The van der Waals surface area contributed by atoms with Crippen LogP contribution in [-0.4, -0.2) is 57.2 Å². The molecule has 0 saturated carbocycles. The van der Waals surface area contributed by atoms with Crippen molar-refractivity contribution in [2.24, 2.45) is 7.05 Å². The maximum atomic E-state index is 13.1. The van der Waals surface area contributed by atoms with E-state index in [1.807, 2.05) is 29.8 Å². The molecule has 0 aliphatic heterocycles. The summed E-state index contributed by atoms with van der Waals surface area (Å²) in [4.78, 5) is 23.6. The van der Waals surface area contributed by atoms with E-state index < -0.39 is 0 Å². The fraction of sp³-hybridized carbons (Fsp3) is 0.250. The van der Waals surface area contributed by atoms with Crippen molar-refractivity contribution in [3.8, 4) is 5.95 Å². The lowest BCUT2D eigenvalue weighted by molar-refractivity contribution is 0.0736. The lowest BCUT2D eigenvalue weighted by Gasteiger charge is -2.17. The Morgan fingerprint density at radius 1 is 1.15 bits per heavy atom. The van der Waals surface area contributed by atoms with Gasteiger partial charge in [-0.25, -0.2) is 9.97 Å². The van der Waals surface area contributed by atoms with Gasteiger partial charge in [-0.3, -0.25) is 9.36 Å². The quantitative estimate of drug-likeness (QED) is 0.547. The Morgan fingerprint density at radius 3 is 2.63 bits per heavy atom. The minimum Gasteiger partial charge on any atom is -0.383 e. The lowest BCUT2D eigenvalue weighted by Crippen LogP contribution is -2.31. The largest absolute Gasteiger partial charge is 0.383 e. The molecule has 138 valence electrons. The number of aryl methyl sites for hydroxylation is 1. The Balaban J connectivity index is 1.99. The molecule has 4 aromatic rings. The van der Waals surface area contributed by atoms with Crippen molar-refractivity contribution < 1.29 is 9.53 Å². The highest BCUT2D eigenvalue weighted by Gasteiger charge is 2.24. The first-order valence-corrected chi connectivity index (χ1v) is 8.74. The minimum atomic E-state index is -0.0974. The van der Waals surface area contributed by atoms with Crippen LogP contribution in [0.3, 0.4) is 0 Å². The predicted octanol–water partition coefficient (Wildman–Crippen LogP) is 2.63. The average molecular weight is 363 g/mol. The van der Waals surface area contributed by atoms with Crippen LogP contribution in [0.1, 0.15) is 10.5 Å². The third kappa shape index (κ3) is 2.76. The van der Waals surface area contributed by atoms with Gasteiger partial charge in [-0.15, -0.1) is 0 Å². The number of nitrogens with zero attached hydrogens (tertiary/aromatic N) is 5. The van der Waals surface area contributed by atoms with Gasteiger partial charge in [-0.1, -0.05) is 18.2 Å². The zero-order valence-electron chi connectivity index (χ0n) is 15.6. The van der Waals surface area contributed by atoms with Gasteiger partial charge < -0.3 is 14.2 Å². The molecule has 1 aromatic carbocycles. The van der Waals surface area contributed by atoms with E-state index in [2.05, 4.69) is 26.7 Å². The standard InChI is InChI=1S/C20H21N5O2/c1-23(11-12-27-3)19(26)17-13-16-18(25(17)20-21-9-6-10-22-20)14-7-4-5-8-15(14)24(16)2/h4-10,13H,11-12H2,1-3H3. The van der Waals surface area contributed by atoms with Crippen molar-refractivity contribution >= 4 is 27.8 Å². The zero-order chi connectivity index (χ0) is 19.0. The van der Waals surface area contributed by atoms with E-state index in [1.165, 1.54) is 0 Å². The summed E-state index contributed by atoms with van der Waals surface area (Å²) in [5.41, 5.74) is 3.53. The van der Waals surface area contributed by atoms with Gasteiger partial charge in [0.25, 0.3) is 5.91 Å². The van der Waals surface area contributed by atoms with Gasteiger partial charge >= 0.3 is 0 Å². The maximum absolute atomic E-state index is 13.1. The van der Waals surface area contributed by atoms with Crippen molar-refractivity contribution in [2.45, 2.75) is 0 Å². The van der Waals surface area contributed by atoms with E-state index in [0.29, 0.717) is 24.8 Å². The third-order valence-corrected chi connectivity index (χ3v) is 4.81. The Kier molecular flexibility index (Phi) is 4.37. The number of ether oxygens (including phenoxy) is 1. The zero-order valence-corrected chi connectivity index (χ0v) is 15.6. The van der Waals surface area contributed by atoms with Crippen LogP contribution < -0.4 is 0 Å². The number of aromatic nitrogens is 4. The molecule has 0 aliphatic rings. The molecule has 4 rings (SSSR count). The molecule has 7 nitrogen and oxygen atoms in total. The fourth-order valence-electron chi connectivity index (χ4n) is 3.40. The first-order chi connectivity index (χ1) is 13.1. The molecular formula is C20H21N5O2. The molecule has 0 bridgehead atoms. The van der Waals surface area contributed by atoms with Crippen molar-refractivity contribution in [3.05, 3.63) is 54.5 Å². The van der Waals surface area contributed by atoms with Gasteiger partial charge in [-0.2, -0.15) is 0 Å². The molecular weight excluding hydrogens is 342 g/mol. The lowest BCUT2D eigenvalue weighted by atomic mass is 10.2. The van der Waals surface area contributed by atoms with Crippen LogP contribution in [0.5, 0.6) is 0 Å². The van der Waals surface area contributed by atoms with Gasteiger partial charge in [0.1, 0.15) is 5.69 Å². The normalized spacial score (nSPS) is 11.4. The van der Waals surface area contributed by atoms with Crippen molar-refractivity contribution in [2.75, 3.05) is 27.3 Å². The number of rotatable bonds is 5. The molecule has 0 N–H and O–H groups in total. The summed E-state index contributed by atoms with van der Waals surface area (Å²) >= 11 is 0. The first kappa shape index (κ1) is 17.2. The molecule has 27 heavy (non-hydrogen) atoms. The molecule has 0 radical (unpaired) electrons. The number of methoxy groups -OCH3 is 1. The summed E-state index contributed by atoms with van der Waals surface area (Å²) in [6.07, 6.45) is 3.37. The van der Waals surface area contributed by atoms with Crippen molar-refractivity contribution in [1.29, 1.82) is 0 Å². The Morgan fingerprint density at radius 2 is 1.89 bits per heavy atom. The molecule has 1 amide bonds. The predicted molar refractivity (Wildman–Crippen MR) is 104 cm³/mol. The number of benzene rings is 1. The second-order valence-corrected chi connectivity index (χ2v) is 6.44. The van der Waals surface area contributed by atoms with Crippen LogP contribution in [0.2, 0.25) is 0 Å². The molecule has 0 fully saturated rings. The molecule has 3 heterocycles. The molecule has 0 saturated heterocycles. The Hall–Kier alpha value is -3.19. The topological polar surface area (TPSA) is 65.2 Å². The van der Waals surface area contributed by atoms with Gasteiger partial charge in [0, 0.05) is 45.5 Å². The minimum absolute atomic E-state index is 0.0974. The highest BCUT2D eigenvalue weighted by molar-refractivity contribution is 6.10. The SMILES string of the molecule is COCCN(C)C(=O)c1cc2c(c3ccccc3n2C)n1-c1ncccn1. The van der Waals surface area contributed by atoms with Gasteiger partial charge in [-0.05, 0) is 18.2 Å². The fourth-order valence-corrected chi connectivity index (χ4v) is 3.40. The Bertz CT molecular complexity index is 1110. The van der Waals surface area contributed by atoms with Crippen molar-refractivity contribution in [1.82, 2.24) is 24.0 Å². The number of carbonyl (C=O) groups is 1. The highest BCUT2D eigenvalue weighted by atomic mass is 16.5. The van der Waals surface area contributed by atoms with E-state index in [9.17, 15) is 4.79 Å². The smallest absolute Gasteiger partial charge is 0.270 e. The van der Waals surface area contributed by atoms with E-state index in [-0.39, 0.29) is 5.91 Å². The van der Waals surface area contributed by atoms with Crippen LogP contribution in [0.4, 0.5) is 0 Å². The van der Waals surface area contributed by atoms with E-state index in [1.54, 1.807) is 37.5 Å². The monoisotopic (exact) mass is 363 g/mol. The summed E-state index contributed by atoms with van der Waals surface area (Å²) in [6, 6.07) is 11.8. The summed E-state index contributed by atoms with van der Waals surface area (Å²) in [6.45, 7) is 0.987. The van der Waals surface area contributed by atoms with Gasteiger partial charge in [0.15, 0.2) is 0 Å². The van der Waals surface area contributed by atoms with E-state index in [4.69, 9.17) is 4.74 Å². The molecule has 0 atom stereocenters. The van der Waals surface area contributed by atoms with Crippen LogP contribution in [0.25, 0.3) is 27.9 Å². The second kappa shape index (κ2) is 6.85. The number of amides is 1. The van der Waals surface area contributed by atoms with Crippen LogP contribution in [0.15, 0.2) is 48.8 Å². The highest BCUT2D eigenvalue weighted by Crippen LogP contribution is 2.32. The number of para-hydroxylation sites is 1. The van der Waals surface area contributed by atoms with Crippen molar-refractivity contribution in [3.63, 3.8) is 0 Å². The maximum Gasteiger partial charge on any atom is 0.270 e. The van der Waals surface area contributed by atoms with Crippen LogP contribution in [0, 0.1) is 0 Å². The molecule has 0 unspecified atom stereocenters. The van der Waals surface area contributed by atoms with E-state index >= 15 is 0 Å². The Labute approximate surface area is 156 Å². The number of hydrogen-bond donors (Lipinski definition) is 0. The third-order valence-electron chi connectivity index (χ3n) is 4.81. The summed E-state index contributed by atoms with van der Waals surface area (Å²) < 4.78 is 9.05. The van der Waals surface area contributed by atoms with Gasteiger partial charge in [0.2, 0.25) is 5.95 Å². The molecule has 0 aliphatic carbocycles. The first-order valence-electron chi connectivity index (χ1n) is 8.74. The molecule has 3 aromatic heterocycles. The summed E-state index contributed by atoms with van der Waals surface area (Å²) in [5, 5.41) is 1.06. The van der Waals surface area contributed by atoms with Gasteiger partial charge in [0.05, 0.1) is 23.2 Å². The number of carbonyl (C=O) groups excluding carboxylic acids is 1. The number of hydrogen-bond acceptors (Lipinski definition) is 4.